The van der Waals surface area contributed by atoms with Crippen LogP contribution in [0.1, 0.15) is 40.0 Å². The van der Waals surface area contributed by atoms with Gasteiger partial charge in [-0.15, -0.1) is 5.10 Å². The lowest BCUT2D eigenvalue weighted by atomic mass is 9.95. The standard InChI is InChI=1S/C28H39FN6/c1-7-25(23(5)34(24-15-16-24)19-33(6)18-17-20(2)22(4)30)26(29)12-10-11-21(3)35-28-14-9-8-13-27(28)31-32-35/h8-14,17-18,20,23-25H,3-4,7,15-16,19,30H2,1-2,5-6H3/b11-10-,18-17-,26-12-. The van der Waals surface area contributed by atoms with Crippen LogP contribution in [0.2, 0.25) is 0 Å². The molecular weight excluding hydrogens is 439 g/mol. The summed E-state index contributed by atoms with van der Waals surface area (Å²) in [5, 5.41) is 8.31. The van der Waals surface area contributed by atoms with E-state index in [0.717, 1.165) is 37.0 Å². The predicted octanol–water partition coefficient (Wildman–Crippen LogP) is 5.70. The summed E-state index contributed by atoms with van der Waals surface area (Å²) >= 11 is 0. The molecule has 1 saturated carbocycles. The number of hydrogen-bond acceptors (Lipinski definition) is 5. The summed E-state index contributed by atoms with van der Waals surface area (Å²) in [6.07, 6.45) is 12.2. The van der Waals surface area contributed by atoms with Crippen LogP contribution in [0.25, 0.3) is 16.7 Å². The van der Waals surface area contributed by atoms with Gasteiger partial charge in [0.1, 0.15) is 11.3 Å². The van der Waals surface area contributed by atoms with Crippen molar-refractivity contribution in [3.63, 3.8) is 0 Å². The highest BCUT2D eigenvalue weighted by molar-refractivity contribution is 5.78. The third-order valence-electron chi connectivity index (χ3n) is 6.68. The molecule has 188 valence electrons. The monoisotopic (exact) mass is 478 g/mol. The van der Waals surface area contributed by atoms with Crippen molar-refractivity contribution >= 4 is 16.7 Å². The van der Waals surface area contributed by atoms with Gasteiger partial charge in [0.15, 0.2) is 0 Å². The Morgan fingerprint density at radius 1 is 1.29 bits per heavy atom. The van der Waals surface area contributed by atoms with E-state index in [1.807, 2.05) is 57.4 Å². The number of fused-ring (bicyclic) bond motifs is 1. The van der Waals surface area contributed by atoms with E-state index in [2.05, 4.69) is 40.2 Å². The quantitative estimate of drug-likeness (QED) is 0.295. The third kappa shape index (κ3) is 6.92. The Morgan fingerprint density at radius 2 is 2.00 bits per heavy atom. The molecule has 0 amide bonds. The van der Waals surface area contributed by atoms with Crippen LogP contribution in [0.3, 0.4) is 0 Å². The molecule has 0 aliphatic heterocycles. The zero-order chi connectivity index (χ0) is 25.5. The number of halogens is 1. The first-order valence-corrected chi connectivity index (χ1v) is 12.3. The largest absolute Gasteiger partial charge is 0.402 e. The van der Waals surface area contributed by atoms with Crippen LogP contribution in [0.5, 0.6) is 0 Å². The van der Waals surface area contributed by atoms with Gasteiger partial charge in [-0.25, -0.2) is 9.07 Å². The molecule has 3 rings (SSSR count). The Kier molecular flexibility index (Phi) is 9.04. The highest BCUT2D eigenvalue weighted by Crippen LogP contribution is 2.34. The summed E-state index contributed by atoms with van der Waals surface area (Å²) in [4.78, 5) is 4.55. The maximum Gasteiger partial charge on any atom is 0.113 e. The van der Waals surface area contributed by atoms with E-state index in [-0.39, 0.29) is 23.7 Å². The molecule has 0 saturated heterocycles. The van der Waals surface area contributed by atoms with Crippen molar-refractivity contribution in [2.45, 2.75) is 52.1 Å². The van der Waals surface area contributed by atoms with E-state index >= 15 is 4.39 Å². The molecule has 35 heavy (non-hydrogen) atoms. The van der Waals surface area contributed by atoms with Gasteiger partial charge in [-0.3, -0.25) is 4.90 Å². The van der Waals surface area contributed by atoms with Gasteiger partial charge in [0, 0.05) is 36.7 Å². The molecule has 0 radical (unpaired) electrons. The summed E-state index contributed by atoms with van der Waals surface area (Å²) in [6.45, 7) is 14.8. The molecule has 2 aromatic rings. The van der Waals surface area contributed by atoms with E-state index < -0.39 is 0 Å². The van der Waals surface area contributed by atoms with Crippen LogP contribution in [0.4, 0.5) is 4.39 Å². The molecular formula is C28H39FN6. The predicted molar refractivity (Wildman–Crippen MR) is 144 cm³/mol. The molecule has 1 fully saturated rings. The summed E-state index contributed by atoms with van der Waals surface area (Å²) in [5.74, 6) is -0.199. The molecule has 0 bridgehead atoms. The van der Waals surface area contributed by atoms with Crippen LogP contribution in [0.15, 0.2) is 79.5 Å². The van der Waals surface area contributed by atoms with Crippen molar-refractivity contribution in [1.82, 2.24) is 24.8 Å². The van der Waals surface area contributed by atoms with Gasteiger partial charge < -0.3 is 10.6 Å². The highest BCUT2D eigenvalue weighted by Gasteiger charge is 2.36. The zero-order valence-corrected chi connectivity index (χ0v) is 21.4. The number of hydrogen-bond donors (Lipinski definition) is 1. The average Bonchev–Trinajstić information content (AvgIpc) is 3.58. The minimum atomic E-state index is -0.194. The second kappa shape index (κ2) is 12.0. The summed E-state index contributed by atoms with van der Waals surface area (Å²) in [6, 6.07) is 8.25. The van der Waals surface area contributed by atoms with E-state index in [4.69, 9.17) is 5.73 Å². The van der Waals surface area contributed by atoms with Gasteiger partial charge in [0.2, 0.25) is 0 Å². The van der Waals surface area contributed by atoms with E-state index in [0.29, 0.717) is 17.4 Å². The first kappa shape index (κ1) is 26.4. The van der Waals surface area contributed by atoms with Gasteiger partial charge in [-0.1, -0.05) is 56.5 Å². The van der Waals surface area contributed by atoms with Crippen LogP contribution < -0.4 is 5.73 Å². The molecule has 1 aliphatic carbocycles. The number of benzene rings is 1. The molecule has 3 atom stereocenters. The fourth-order valence-corrected chi connectivity index (χ4v) is 4.21. The van der Waals surface area contributed by atoms with Crippen molar-refractivity contribution in [1.29, 1.82) is 0 Å². The minimum absolute atomic E-state index is 0.0670. The summed E-state index contributed by atoms with van der Waals surface area (Å²) < 4.78 is 17.0. The van der Waals surface area contributed by atoms with Crippen LogP contribution >= 0.6 is 0 Å². The van der Waals surface area contributed by atoms with Crippen LogP contribution in [0, 0.1) is 11.8 Å². The van der Waals surface area contributed by atoms with Crippen molar-refractivity contribution < 1.29 is 4.39 Å². The number of para-hydroxylation sites is 1. The van der Waals surface area contributed by atoms with Crippen molar-refractivity contribution in [3.05, 3.63) is 79.5 Å². The number of nitrogens with zero attached hydrogens (tertiary/aromatic N) is 5. The van der Waals surface area contributed by atoms with Gasteiger partial charge >= 0.3 is 0 Å². The number of nitrogens with two attached hydrogens (primary N) is 1. The first-order chi connectivity index (χ1) is 16.7. The van der Waals surface area contributed by atoms with E-state index in [1.165, 1.54) is 0 Å². The molecule has 2 N–H and O–H groups in total. The SMILES string of the molecule is C=C(N)C(C)/C=C\N(C)CN(C1CC1)C(C)C(CC)/C(F)=C/C=C\C(=C)n1nnc2ccccc21. The maximum absolute atomic E-state index is 15.4. The zero-order valence-electron chi connectivity index (χ0n) is 21.4. The van der Waals surface area contributed by atoms with Crippen molar-refractivity contribution in [2.75, 3.05) is 13.7 Å². The third-order valence-corrected chi connectivity index (χ3v) is 6.68. The van der Waals surface area contributed by atoms with Gasteiger partial charge in [-0.05, 0) is 56.7 Å². The van der Waals surface area contributed by atoms with Crippen molar-refractivity contribution in [2.24, 2.45) is 17.6 Å². The second-order valence-electron chi connectivity index (χ2n) is 9.50. The molecule has 1 aliphatic rings. The Bertz CT molecular complexity index is 1110. The normalized spacial score (nSPS) is 17.4. The molecule has 0 spiro atoms. The number of aromatic nitrogens is 3. The Hall–Kier alpha value is -3.19. The summed E-state index contributed by atoms with van der Waals surface area (Å²) in [7, 11) is 2.04. The second-order valence-corrected chi connectivity index (χ2v) is 9.50. The molecule has 7 heteroatoms. The number of rotatable bonds is 13. The maximum atomic E-state index is 15.4. The fourth-order valence-electron chi connectivity index (χ4n) is 4.21. The van der Waals surface area contributed by atoms with E-state index in [9.17, 15) is 0 Å². The Labute approximate surface area is 209 Å². The molecule has 1 aromatic heterocycles. The average molecular weight is 479 g/mol. The van der Waals surface area contributed by atoms with Gasteiger partial charge in [0.05, 0.1) is 17.9 Å². The molecule has 1 heterocycles. The lowest BCUT2D eigenvalue weighted by Crippen LogP contribution is -2.44. The van der Waals surface area contributed by atoms with Gasteiger partial charge in [-0.2, -0.15) is 0 Å². The topological polar surface area (TPSA) is 63.2 Å². The molecule has 3 unspecified atom stereocenters. The molecule has 1 aromatic carbocycles. The lowest BCUT2D eigenvalue weighted by molar-refractivity contribution is 0.0989. The Morgan fingerprint density at radius 3 is 2.66 bits per heavy atom. The highest BCUT2D eigenvalue weighted by atomic mass is 19.1. The minimum Gasteiger partial charge on any atom is -0.402 e. The van der Waals surface area contributed by atoms with Gasteiger partial charge in [0.25, 0.3) is 0 Å². The Balaban J connectivity index is 1.67. The first-order valence-electron chi connectivity index (χ1n) is 12.3. The van der Waals surface area contributed by atoms with E-state index in [1.54, 1.807) is 22.9 Å². The van der Waals surface area contributed by atoms with Crippen LogP contribution in [-0.4, -0.2) is 50.6 Å². The van der Waals surface area contributed by atoms with Crippen LogP contribution in [-0.2, 0) is 0 Å². The fraction of sp³-hybridized carbons (Fsp3) is 0.429. The summed E-state index contributed by atoms with van der Waals surface area (Å²) in [5.41, 5.74) is 8.73. The number of allylic oxidation sites excluding steroid dienone is 5. The molecule has 6 nitrogen and oxygen atoms in total. The lowest BCUT2D eigenvalue weighted by Gasteiger charge is -2.36. The van der Waals surface area contributed by atoms with Crippen molar-refractivity contribution in [3.8, 4) is 0 Å². The smallest absolute Gasteiger partial charge is 0.113 e.